The molecule has 1 aliphatic rings. The van der Waals surface area contributed by atoms with Gasteiger partial charge in [0, 0.05) is 38.1 Å². The molecule has 4 rings (SSSR count). The number of nitrogens with zero attached hydrogens (tertiary/aromatic N) is 2. The highest BCUT2D eigenvalue weighted by molar-refractivity contribution is 5.32. The highest BCUT2D eigenvalue weighted by Crippen LogP contribution is 2.30. The van der Waals surface area contributed by atoms with Gasteiger partial charge in [0.2, 0.25) is 0 Å². The average Bonchev–Trinajstić information content (AvgIpc) is 2.84. The molecular weight excluding hydrogens is 418 g/mol. The monoisotopic (exact) mass is 450 g/mol. The van der Waals surface area contributed by atoms with Crippen LogP contribution >= 0.6 is 0 Å². The maximum absolute atomic E-state index is 13.5. The molecule has 0 radical (unpaired) electrons. The Bertz CT molecular complexity index is 934. The van der Waals surface area contributed by atoms with Crippen LogP contribution < -0.4 is 0 Å². The zero-order valence-corrected chi connectivity index (χ0v) is 18.9. The molecule has 33 heavy (non-hydrogen) atoms. The van der Waals surface area contributed by atoms with Crippen molar-refractivity contribution in [3.05, 3.63) is 107 Å². The van der Waals surface area contributed by atoms with Crippen LogP contribution in [-0.2, 0) is 6.54 Å². The fourth-order valence-electron chi connectivity index (χ4n) is 4.82. The number of hydrogen-bond acceptors (Lipinski definition) is 3. The van der Waals surface area contributed by atoms with E-state index >= 15 is 0 Å². The second-order valence-corrected chi connectivity index (χ2v) is 8.89. The molecule has 0 aromatic heterocycles. The van der Waals surface area contributed by atoms with E-state index in [0.29, 0.717) is 0 Å². The Labute approximate surface area is 195 Å². The Morgan fingerprint density at radius 1 is 0.818 bits per heavy atom. The lowest BCUT2D eigenvalue weighted by atomic mass is 9.87. The average molecular weight is 451 g/mol. The van der Waals surface area contributed by atoms with E-state index in [1.807, 2.05) is 30.3 Å². The van der Waals surface area contributed by atoms with Gasteiger partial charge in [-0.05, 0) is 60.3 Å². The number of halogens is 2. The Morgan fingerprint density at radius 2 is 1.42 bits per heavy atom. The number of piperazine rings is 1. The smallest absolute Gasteiger partial charge is 0.123 e. The summed E-state index contributed by atoms with van der Waals surface area (Å²) in [6.45, 7) is 4.70. The minimum absolute atomic E-state index is 0.0816. The van der Waals surface area contributed by atoms with Crippen molar-refractivity contribution in [2.24, 2.45) is 0 Å². The molecule has 1 atom stereocenters. The zero-order chi connectivity index (χ0) is 23.0. The van der Waals surface area contributed by atoms with Crippen LogP contribution in [0.15, 0.2) is 78.9 Å². The molecule has 0 saturated carbocycles. The Hall–Kier alpha value is -2.60. The lowest BCUT2D eigenvalue weighted by Gasteiger charge is -2.41. The second kappa shape index (κ2) is 11.5. The summed E-state index contributed by atoms with van der Waals surface area (Å²) in [5, 5.41) is 10.0. The van der Waals surface area contributed by atoms with Gasteiger partial charge >= 0.3 is 0 Å². The molecule has 0 bridgehead atoms. The van der Waals surface area contributed by atoms with E-state index in [4.69, 9.17) is 0 Å². The highest BCUT2D eigenvalue weighted by atomic mass is 19.1. The van der Waals surface area contributed by atoms with Gasteiger partial charge in [0.25, 0.3) is 0 Å². The van der Waals surface area contributed by atoms with Crippen molar-refractivity contribution in [2.45, 2.75) is 31.3 Å². The number of benzene rings is 3. The summed E-state index contributed by atoms with van der Waals surface area (Å²) in [6.07, 6.45) is 1.81. The fraction of sp³-hybridized carbons (Fsp3) is 0.357. The first-order chi connectivity index (χ1) is 16.1. The molecule has 5 heteroatoms. The van der Waals surface area contributed by atoms with Crippen molar-refractivity contribution in [1.29, 1.82) is 0 Å². The molecule has 174 valence electrons. The molecule has 1 heterocycles. The largest absolute Gasteiger partial charge is 0.395 e. The molecule has 3 nitrogen and oxygen atoms in total. The SMILES string of the molecule is OCC1CN(Cc2ccccc2)CCN1CCCC(c1ccc(F)cc1)c1ccc(F)cc1. The summed E-state index contributed by atoms with van der Waals surface area (Å²) in [6, 6.07) is 23.8. The topological polar surface area (TPSA) is 26.7 Å². The molecule has 0 amide bonds. The quantitative estimate of drug-likeness (QED) is 0.494. The lowest BCUT2D eigenvalue weighted by molar-refractivity contribution is 0.0355. The van der Waals surface area contributed by atoms with Crippen molar-refractivity contribution in [1.82, 2.24) is 9.80 Å². The van der Waals surface area contributed by atoms with Gasteiger partial charge in [0.1, 0.15) is 11.6 Å². The van der Waals surface area contributed by atoms with E-state index in [1.165, 1.54) is 29.8 Å². The van der Waals surface area contributed by atoms with E-state index in [1.54, 1.807) is 0 Å². The minimum atomic E-state index is -0.254. The Balaban J connectivity index is 1.36. The van der Waals surface area contributed by atoms with Crippen LogP contribution in [0.4, 0.5) is 8.78 Å². The summed E-state index contributed by atoms with van der Waals surface area (Å²) >= 11 is 0. The molecule has 3 aromatic rings. The minimum Gasteiger partial charge on any atom is -0.395 e. The Kier molecular flexibility index (Phi) is 8.21. The van der Waals surface area contributed by atoms with Crippen LogP contribution in [0.1, 0.15) is 35.4 Å². The third-order valence-electron chi connectivity index (χ3n) is 6.63. The van der Waals surface area contributed by atoms with Crippen molar-refractivity contribution < 1.29 is 13.9 Å². The second-order valence-electron chi connectivity index (χ2n) is 8.89. The van der Waals surface area contributed by atoms with Crippen molar-refractivity contribution >= 4 is 0 Å². The molecule has 1 aliphatic heterocycles. The van der Waals surface area contributed by atoms with Gasteiger partial charge in [0.15, 0.2) is 0 Å². The van der Waals surface area contributed by atoms with Crippen LogP contribution in [0.3, 0.4) is 0 Å². The first-order valence-electron chi connectivity index (χ1n) is 11.7. The molecule has 3 aromatic carbocycles. The lowest BCUT2D eigenvalue weighted by Crippen LogP contribution is -2.54. The van der Waals surface area contributed by atoms with Crippen LogP contribution in [0, 0.1) is 11.6 Å². The van der Waals surface area contributed by atoms with Crippen LogP contribution in [-0.4, -0.2) is 53.7 Å². The molecule has 1 N–H and O–H groups in total. The fourth-order valence-corrected chi connectivity index (χ4v) is 4.82. The van der Waals surface area contributed by atoms with E-state index < -0.39 is 0 Å². The molecule has 1 unspecified atom stereocenters. The number of aliphatic hydroxyl groups excluding tert-OH is 1. The summed E-state index contributed by atoms with van der Waals surface area (Å²) in [5.74, 6) is -0.426. The van der Waals surface area contributed by atoms with Gasteiger partial charge in [-0.25, -0.2) is 8.78 Å². The molecule has 0 aliphatic carbocycles. The summed E-state index contributed by atoms with van der Waals surface area (Å²) < 4.78 is 26.9. The third-order valence-corrected chi connectivity index (χ3v) is 6.63. The van der Waals surface area contributed by atoms with Crippen LogP contribution in [0.2, 0.25) is 0 Å². The normalized spacial score (nSPS) is 17.5. The first kappa shape index (κ1) is 23.6. The van der Waals surface area contributed by atoms with E-state index in [0.717, 1.165) is 56.7 Å². The zero-order valence-electron chi connectivity index (χ0n) is 18.9. The predicted molar refractivity (Wildman–Crippen MR) is 128 cm³/mol. The van der Waals surface area contributed by atoms with E-state index in [2.05, 4.69) is 34.1 Å². The third kappa shape index (κ3) is 6.47. The van der Waals surface area contributed by atoms with Gasteiger partial charge in [-0.3, -0.25) is 9.80 Å². The van der Waals surface area contributed by atoms with E-state index in [9.17, 15) is 13.9 Å². The van der Waals surface area contributed by atoms with Gasteiger partial charge in [-0.2, -0.15) is 0 Å². The number of rotatable bonds is 9. The van der Waals surface area contributed by atoms with Gasteiger partial charge in [-0.15, -0.1) is 0 Å². The number of hydrogen-bond donors (Lipinski definition) is 1. The highest BCUT2D eigenvalue weighted by Gasteiger charge is 2.26. The van der Waals surface area contributed by atoms with Gasteiger partial charge in [-0.1, -0.05) is 54.6 Å². The van der Waals surface area contributed by atoms with Crippen LogP contribution in [0.25, 0.3) is 0 Å². The van der Waals surface area contributed by atoms with E-state index in [-0.39, 0.29) is 30.2 Å². The summed E-state index contributed by atoms with van der Waals surface area (Å²) in [7, 11) is 0. The maximum Gasteiger partial charge on any atom is 0.123 e. The van der Waals surface area contributed by atoms with Gasteiger partial charge in [0.05, 0.1) is 6.61 Å². The Morgan fingerprint density at radius 3 is 2.00 bits per heavy atom. The van der Waals surface area contributed by atoms with Crippen molar-refractivity contribution in [3.8, 4) is 0 Å². The summed E-state index contributed by atoms with van der Waals surface area (Å²) in [4.78, 5) is 4.79. The summed E-state index contributed by atoms with van der Waals surface area (Å²) in [5.41, 5.74) is 3.37. The number of aliphatic hydroxyl groups is 1. The molecular formula is C28H32F2N2O. The van der Waals surface area contributed by atoms with Crippen molar-refractivity contribution in [3.63, 3.8) is 0 Å². The van der Waals surface area contributed by atoms with Crippen molar-refractivity contribution in [2.75, 3.05) is 32.8 Å². The maximum atomic E-state index is 13.5. The molecule has 0 spiro atoms. The van der Waals surface area contributed by atoms with Crippen LogP contribution in [0.5, 0.6) is 0 Å². The molecule has 1 fully saturated rings. The predicted octanol–water partition coefficient (Wildman–Crippen LogP) is 5.06. The standard InChI is InChI=1S/C28H32F2N2O/c29-25-12-8-23(9-13-25)28(24-10-14-26(30)15-11-24)7-4-16-32-18-17-31(20-27(32)21-33)19-22-5-2-1-3-6-22/h1-3,5-6,8-15,27-28,33H,4,7,16-21H2. The van der Waals surface area contributed by atoms with Gasteiger partial charge < -0.3 is 5.11 Å². The molecule has 1 saturated heterocycles. The first-order valence-corrected chi connectivity index (χ1v) is 11.7.